The van der Waals surface area contributed by atoms with Gasteiger partial charge in [-0.15, -0.1) is 11.3 Å². The highest BCUT2D eigenvalue weighted by atomic mass is 32.2. The van der Waals surface area contributed by atoms with E-state index >= 15 is 0 Å². The molecule has 2 saturated heterocycles. The minimum Gasteiger partial charge on any atom is -0.354 e. The molecule has 122 valence electrons. The lowest BCUT2D eigenvalue weighted by Crippen LogP contribution is -2.39. The van der Waals surface area contributed by atoms with Crippen molar-refractivity contribution < 1.29 is 13.2 Å². The number of amides is 1. The van der Waals surface area contributed by atoms with Gasteiger partial charge in [-0.25, -0.2) is 8.42 Å². The Bertz CT molecular complexity index is 607. The molecule has 0 spiro atoms. The minimum absolute atomic E-state index is 0.00617. The highest BCUT2D eigenvalue weighted by Gasteiger charge is 2.33. The quantitative estimate of drug-likeness (QED) is 0.879. The number of nitrogens with zero attached hydrogens (tertiary/aromatic N) is 1. The Balaban J connectivity index is 1.60. The van der Waals surface area contributed by atoms with Gasteiger partial charge in [0.15, 0.2) is 9.84 Å². The van der Waals surface area contributed by atoms with Gasteiger partial charge in [0, 0.05) is 11.4 Å². The number of hydrogen-bond donors (Lipinski definition) is 1. The number of carbonyl (C=O) groups excluding carboxylic acids is 1. The molecule has 22 heavy (non-hydrogen) atoms. The summed E-state index contributed by atoms with van der Waals surface area (Å²) < 4.78 is 23.0. The van der Waals surface area contributed by atoms with Crippen LogP contribution in [0.3, 0.4) is 0 Å². The van der Waals surface area contributed by atoms with Gasteiger partial charge in [0.2, 0.25) is 5.91 Å². The third kappa shape index (κ3) is 3.70. The van der Waals surface area contributed by atoms with Crippen molar-refractivity contribution in [3.05, 3.63) is 22.4 Å². The fraction of sp³-hybridized carbons (Fsp3) is 0.667. The molecule has 2 atom stereocenters. The first kappa shape index (κ1) is 16.0. The summed E-state index contributed by atoms with van der Waals surface area (Å²) in [4.78, 5) is 15.9. The van der Waals surface area contributed by atoms with Gasteiger partial charge in [0.05, 0.1) is 23.5 Å². The van der Waals surface area contributed by atoms with E-state index in [1.165, 1.54) is 17.7 Å². The summed E-state index contributed by atoms with van der Waals surface area (Å²) in [6.45, 7) is 2.70. The van der Waals surface area contributed by atoms with Gasteiger partial charge in [-0.3, -0.25) is 9.69 Å². The molecule has 5 nitrogen and oxygen atoms in total. The van der Waals surface area contributed by atoms with Crippen molar-refractivity contribution in [3.63, 3.8) is 0 Å². The maximum absolute atomic E-state index is 12.2. The predicted octanol–water partition coefficient (Wildman–Crippen LogP) is 1.44. The summed E-state index contributed by atoms with van der Waals surface area (Å²) >= 11 is 1.71. The summed E-state index contributed by atoms with van der Waals surface area (Å²) in [6.07, 6.45) is 2.87. The Labute approximate surface area is 135 Å². The Hall–Kier alpha value is -0.920. The zero-order valence-corrected chi connectivity index (χ0v) is 14.2. The summed E-state index contributed by atoms with van der Waals surface area (Å²) in [5, 5.41) is 5.05. The normalized spacial score (nSPS) is 26.1. The van der Waals surface area contributed by atoms with E-state index in [4.69, 9.17) is 0 Å². The highest BCUT2D eigenvalue weighted by molar-refractivity contribution is 7.91. The number of carbonyl (C=O) groups is 1. The van der Waals surface area contributed by atoms with E-state index < -0.39 is 9.84 Å². The fourth-order valence-electron chi connectivity index (χ4n) is 3.29. The molecule has 2 fully saturated rings. The van der Waals surface area contributed by atoms with Crippen molar-refractivity contribution in [1.82, 2.24) is 10.2 Å². The van der Waals surface area contributed by atoms with Gasteiger partial charge in [-0.1, -0.05) is 6.07 Å². The van der Waals surface area contributed by atoms with Crippen LogP contribution in [0.15, 0.2) is 17.5 Å². The van der Waals surface area contributed by atoms with Crippen LogP contribution in [-0.2, 0) is 14.6 Å². The molecule has 0 aromatic carbocycles. The van der Waals surface area contributed by atoms with Crippen molar-refractivity contribution in [2.75, 3.05) is 31.1 Å². The molecule has 0 aliphatic carbocycles. The van der Waals surface area contributed by atoms with E-state index in [9.17, 15) is 13.2 Å². The maximum Gasteiger partial charge on any atom is 0.224 e. The molecule has 2 aliphatic heterocycles. The first-order valence-electron chi connectivity index (χ1n) is 7.81. The van der Waals surface area contributed by atoms with Gasteiger partial charge in [-0.2, -0.15) is 0 Å². The molecule has 1 aromatic heterocycles. The SMILES string of the molecule is O=C(NCC(c1cccs1)N1CCCC1)C1CCS(=O)(=O)C1. The molecule has 1 aromatic rings. The first-order valence-corrected chi connectivity index (χ1v) is 10.5. The second-order valence-electron chi connectivity index (χ2n) is 6.12. The van der Waals surface area contributed by atoms with Gasteiger partial charge in [0.25, 0.3) is 0 Å². The smallest absolute Gasteiger partial charge is 0.224 e. The Morgan fingerprint density at radius 1 is 1.41 bits per heavy atom. The van der Waals surface area contributed by atoms with Gasteiger partial charge in [0.1, 0.15) is 0 Å². The maximum atomic E-state index is 12.2. The third-order valence-corrected chi connectivity index (χ3v) is 7.27. The zero-order valence-electron chi connectivity index (χ0n) is 12.5. The van der Waals surface area contributed by atoms with Crippen molar-refractivity contribution in [2.24, 2.45) is 5.92 Å². The Morgan fingerprint density at radius 3 is 2.77 bits per heavy atom. The lowest BCUT2D eigenvalue weighted by molar-refractivity contribution is -0.124. The molecule has 7 heteroatoms. The van der Waals surface area contributed by atoms with Crippen LogP contribution in [0.4, 0.5) is 0 Å². The number of nitrogens with one attached hydrogen (secondary N) is 1. The average Bonchev–Trinajstić information content (AvgIpc) is 3.20. The van der Waals surface area contributed by atoms with E-state index in [-0.39, 0.29) is 29.4 Å². The molecule has 0 saturated carbocycles. The second-order valence-corrected chi connectivity index (χ2v) is 9.33. The molecule has 0 radical (unpaired) electrons. The van der Waals surface area contributed by atoms with Crippen molar-refractivity contribution in [3.8, 4) is 0 Å². The summed E-state index contributed by atoms with van der Waals surface area (Å²) in [7, 11) is -3.01. The summed E-state index contributed by atoms with van der Waals surface area (Å²) in [6, 6.07) is 4.36. The van der Waals surface area contributed by atoms with Crippen LogP contribution >= 0.6 is 11.3 Å². The van der Waals surface area contributed by atoms with Crippen LogP contribution in [0, 0.1) is 5.92 Å². The van der Waals surface area contributed by atoms with E-state index in [1.807, 2.05) is 6.07 Å². The van der Waals surface area contributed by atoms with Crippen molar-refractivity contribution >= 4 is 27.1 Å². The zero-order chi connectivity index (χ0) is 15.6. The molecular weight excluding hydrogens is 320 g/mol. The summed E-state index contributed by atoms with van der Waals surface area (Å²) in [5.74, 6) is -0.327. The predicted molar refractivity (Wildman–Crippen MR) is 87.6 cm³/mol. The number of likely N-dealkylation sites (tertiary alicyclic amines) is 1. The number of hydrogen-bond acceptors (Lipinski definition) is 5. The van der Waals surface area contributed by atoms with E-state index in [0.717, 1.165) is 13.1 Å². The Kier molecular flexibility index (Phi) is 4.84. The van der Waals surface area contributed by atoms with Crippen molar-refractivity contribution in [2.45, 2.75) is 25.3 Å². The van der Waals surface area contributed by atoms with Gasteiger partial charge in [-0.05, 0) is 43.8 Å². The molecule has 3 rings (SSSR count). The molecule has 2 unspecified atom stereocenters. The van der Waals surface area contributed by atoms with Crippen LogP contribution < -0.4 is 5.32 Å². The molecule has 1 N–H and O–H groups in total. The standard InChI is InChI=1S/C15H22N2O3S2/c18-15(12-5-9-22(19,20)11-12)16-10-13(14-4-3-8-21-14)17-6-1-2-7-17/h3-4,8,12-13H,1-2,5-7,9-11H2,(H,16,18). The van der Waals surface area contributed by atoms with Crippen LogP contribution in [0.25, 0.3) is 0 Å². The molecule has 1 amide bonds. The van der Waals surface area contributed by atoms with Crippen LogP contribution in [0.5, 0.6) is 0 Å². The molecule has 3 heterocycles. The monoisotopic (exact) mass is 342 g/mol. The van der Waals surface area contributed by atoms with E-state index in [1.54, 1.807) is 11.3 Å². The fourth-order valence-corrected chi connectivity index (χ4v) is 5.89. The molecule has 2 aliphatic rings. The first-order chi connectivity index (χ1) is 10.6. The van der Waals surface area contributed by atoms with Crippen LogP contribution in [0.2, 0.25) is 0 Å². The third-order valence-electron chi connectivity index (χ3n) is 4.53. The number of sulfone groups is 1. The largest absolute Gasteiger partial charge is 0.354 e. The van der Waals surface area contributed by atoms with Crippen LogP contribution in [-0.4, -0.2) is 50.4 Å². The van der Waals surface area contributed by atoms with E-state index in [0.29, 0.717) is 13.0 Å². The lowest BCUT2D eigenvalue weighted by Gasteiger charge is -2.27. The topological polar surface area (TPSA) is 66.5 Å². The molecular formula is C15H22N2O3S2. The number of thiophene rings is 1. The molecule has 0 bridgehead atoms. The van der Waals surface area contributed by atoms with Gasteiger partial charge >= 0.3 is 0 Å². The van der Waals surface area contributed by atoms with Crippen molar-refractivity contribution in [1.29, 1.82) is 0 Å². The highest BCUT2D eigenvalue weighted by Crippen LogP contribution is 2.28. The average molecular weight is 342 g/mol. The Morgan fingerprint density at radius 2 is 2.18 bits per heavy atom. The van der Waals surface area contributed by atoms with E-state index in [2.05, 4.69) is 21.7 Å². The van der Waals surface area contributed by atoms with Gasteiger partial charge < -0.3 is 5.32 Å². The second kappa shape index (κ2) is 6.68. The lowest BCUT2D eigenvalue weighted by atomic mass is 10.1. The van der Waals surface area contributed by atoms with Crippen LogP contribution in [0.1, 0.15) is 30.2 Å². The minimum atomic E-state index is -3.01. The number of rotatable bonds is 5. The summed E-state index contributed by atoms with van der Waals surface area (Å²) in [5.41, 5.74) is 0.